The van der Waals surface area contributed by atoms with Crippen LogP contribution in [0, 0.1) is 12.7 Å². The molecular formula is C18H21FN2O2. The van der Waals surface area contributed by atoms with Crippen molar-refractivity contribution in [2.45, 2.75) is 37.5 Å². The quantitative estimate of drug-likeness (QED) is 0.817. The van der Waals surface area contributed by atoms with Crippen LogP contribution in [0.1, 0.15) is 42.0 Å². The van der Waals surface area contributed by atoms with Gasteiger partial charge in [-0.2, -0.15) is 5.10 Å². The van der Waals surface area contributed by atoms with Gasteiger partial charge in [0.2, 0.25) is 0 Å². The number of nitrogens with zero attached hydrogens (tertiary/aromatic N) is 2. The van der Waals surface area contributed by atoms with Crippen LogP contribution in [0.3, 0.4) is 0 Å². The zero-order chi connectivity index (χ0) is 16.6. The summed E-state index contributed by atoms with van der Waals surface area (Å²) in [4.78, 5) is 12.6. The first-order valence-electron chi connectivity index (χ1n) is 7.81. The number of aromatic nitrogens is 2. The maximum absolute atomic E-state index is 14.0. The number of aryl methyl sites for hydroxylation is 1. The van der Waals surface area contributed by atoms with Crippen molar-refractivity contribution in [3.05, 3.63) is 53.1 Å². The molecule has 5 heteroatoms. The molecule has 1 aromatic carbocycles. The van der Waals surface area contributed by atoms with Crippen molar-refractivity contribution < 1.29 is 13.9 Å². The fourth-order valence-corrected chi connectivity index (χ4v) is 3.94. The Balaban J connectivity index is 2.05. The first-order chi connectivity index (χ1) is 11.0. The molecule has 0 saturated heterocycles. The largest absolute Gasteiger partial charge is 0.468 e. The molecule has 0 aliphatic heterocycles. The van der Waals surface area contributed by atoms with Crippen molar-refractivity contribution >= 4 is 5.97 Å². The lowest BCUT2D eigenvalue weighted by Gasteiger charge is -2.28. The van der Waals surface area contributed by atoms with Gasteiger partial charge in [-0.3, -0.25) is 9.48 Å². The maximum Gasteiger partial charge on any atom is 0.316 e. The third kappa shape index (κ3) is 2.44. The second kappa shape index (κ2) is 5.80. The summed E-state index contributed by atoms with van der Waals surface area (Å²) in [5, 5.41) is 4.22. The lowest BCUT2D eigenvalue weighted by Crippen LogP contribution is -2.35. The van der Waals surface area contributed by atoms with Crippen molar-refractivity contribution in [3.8, 4) is 0 Å². The second-order valence-electron chi connectivity index (χ2n) is 6.31. The Morgan fingerprint density at radius 2 is 2.22 bits per heavy atom. The van der Waals surface area contributed by atoms with E-state index in [-0.39, 0.29) is 17.7 Å². The van der Waals surface area contributed by atoms with Crippen molar-refractivity contribution in [1.29, 1.82) is 0 Å². The number of benzene rings is 1. The summed E-state index contributed by atoms with van der Waals surface area (Å²) in [5.41, 5.74) is 1.60. The van der Waals surface area contributed by atoms with Crippen LogP contribution in [0.4, 0.5) is 4.39 Å². The third-order valence-electron chi connectivity index (χ3n) is 5.15. The van der Waals surface area contributed by atoms with E-state index in [2.05, 4.69) is 5.10 Å². The topological polar surface area (TPSA) is 44.1 Å². The van der Waals surface area contributed by atoms with Crippen LogP contribution in [0.15, 0.2) is 30.5 Å². The van der Waals surface area contributed by atoms with Crippen LogP contribution in [-0.4, -0.2) is 22.9 Å². The van der Waals surface area contributed by atoms with Crippen LogP contribution in [-0.2, 0) is 22.0 Å². The number of methoxy groups -OCH3 is 1. The number of carbonyl (C=O) groups is 1. The van der Waals surface area contributed by atoms with E-state index in [1.54, 1.807) is 19.2 Å². The van der Waals surface area contributed by atoms with Crippen molar-refractivity contribution in [1.82, 2.24) is 9.78 Å². The van der Waals surface area contributed by atoms with Crippen molar-refractivity contribution in [3.63, 3.8) is 0 Å². The molecule has 1 saturated carbocycles. The van der Waals surface area contributed by atoms with Gasteiger partial charge in [0.25, 0.3) is 0 Å². The number of hydrogen-bond donors (Lipinski definition) is 0. The number of hydrogen-bond acceptors (Lipinski definition) is 3. The molecule has 1 fully saturated rings. The monoisotopic (exact) mass is 316 g/mol. The molecular weight excluding hydrogens is 295 g/mol. The van der Waals surface area contributed by atoms with E-state index < -0.39 is 5.41 Å². The Morgan fingerprint density at radius 3 is 2.87 bits per heavy atom. The Morgan fingerprint density at radius 1 is 1.43 bits per heavy atom. The molecule has 1 aromatic heterocycles. The van der Waals surface area contributed by atoms with E-state index in [0.717, 1.165) is 17.7 Å². The molecule has 2 atom stereocenters. The molecule has 0 radical (unpaired) electrons. The van der Waals surface area contributed by atoms with Gasteiger partial charge in [-0.1, -0.05) is 12.1 Å². The lowest BCUT2D eigenvalue weighted by atomic mass is 9.76. The van der Waals surface area contributed by atoms with E-state index in [1.807, 2.05) is 23.9 Å². The molecule has 4 nitrogen and oxygen atoms in total. The predicted octanol–water partition coefficient (Wildman–Crippen LogP) is 3.25. The van der Waals surface area contributed by atoms with Gasteiger partial charge in [-0.25, -0.2) is 4.39 Å². The summed E-state index contributed by atoms with van der Waals surface area (Å²) in [7, 11) is 3.30. The van der Waals surface area contributed by atoms with E-state index in [4.69, 9.17) is 4.74 Å². The first kappa shape index (κ1) is 15.7. The van der Waals surface area contributed by atoms with E-state index in [9.17, 15) is 9.18 Å². The fourth-order valence-electron chi connectivity index (χ4n) is 3.94. The summed E-state index contributed by atoms with van der Waals surface area (Å²) in [5.74, 6) is -0.352. The number of halogens is 1. The van der Waals surface area contributed by atoms with Gasteiger partial charge in [0.1, 0.15) is 5.82 Å². The fraction of sp³-hybridized carbons (Fsp3) is 0.444. The second-order valence-corrected chi connectivity index (χ2v) is 6.31. The molecule has 3 rings (SSSR count). The van der Waals surface area contributed by atoms with Crippen LogP contribution < -0.4 is 0 Å². The van der Waals surface area contributed by atoms with Crippen molar-refractivity contribution in [2.24, 2.45) is 7.05 Å². The minimum absolute atomic E-state index is 0.212. The third-order valence-corrected chi connectivity index (χ3v) is 5.15. The summed E-state index contributed by atoms with van der Waals surface area (Å²) in [6.45, 7) is 1.73. The van der Waals surface area contributed by atoms with Crippen LogP contribution in [0.5, 0.6) is 0 Å². The number of esters is 1. The normalized spacial score (nSPS) is 23.9. The standard InChI is InChI=1S/C18H21FN2O2/c1-12-14(5-4-6-15(12)19)18(17(22)23-3)9-7-13(11-18)16-8-10-20-21(16)2/h4-6,8,10,13H,7,9,11H2,1-3H3. The average molecular weight is 316 g/mol. The first-order valence-corrected chi connectivity index (χ1v) is 7.81. The highest BCUT2D eigenvalue weighted by atomic mass is 19.1. The van der Waals surface area contributed by atoms with E-state index in [0.29, 0.717) is 18.4 Å². The van der Waals surface area contributed by atoms with Gasteiger partial charge >= 0.3 is 5.97 Å². The molecule has 0 N–H and O–H groups in total. The van der Waals surface area contributed by atoms with E-state index in [1.165, 1.54) is 13.2 Å². The molecule has 1 aliphatic rings. The SMILES string of the molecule is COC(=O)C1(c2cccc(F)c2C)CCC(c2ccnn2C)C1. The van der Waals surface area contributed by atoms with Gasteiger partial charge < -0.3 is 4.74 Å². The average Bonchev–Trinajstić information content (AvgIpc) is 3.16. The lowest BCUT2D eigenvalue weighted by molar-refractivity contribution is -0.147. The number of ether oxygens (including phenoxy) is 1. The highest BCUT2D eigenvalue weighted by Crippen LogP contribution is 2.50. The van der Waals surface area contributed by atoms with E-state index >= 15 is 0 Å². The van der Waals surface area contributed by atoms with Crippen LogP contribution in [0.25, 0.3) is 0 Å². The van der Waals surface area contributed by atoms with Gasteiger partial charge in [0.15, 0.2) is 0 Å². The summed E-state index contributed by atoms with van der Waals surface area (Å²) < 4.78 is 21.0. The molecule has 0 amide bonds. The van der Waals surface area contributed by atoms with Gasteiger partial charge in [0, 0.05) is 24.9 Å². The van der Waals surface area contributed by atoms with Crippen LogP contribution >= 0.6 is 0 Å². The molecule has 0 spiro atoms. The highest BCUT2D eigenvalue weighted by molar-refractivity contribution is 5.84. The molecule has 1 heterocycles. The van der Waals surface area contributed by atoms with Crippen molar-refractivity contribution in [2.75, 3.05) is 7.11 Å². The smallest absolute Gasteiger partial charge is 0.316 e. The Labute approximate surface area is 135 Å². The van der Waals surface area contributed by atoms with Crippen LogP contribution in [0.2, 0.25) is 0 Å². The zero-order valence-electron chi connectivity index (χ0n) is 13.7. The Kier molecular flexibility index (Phi) is 3.96. The molecule has 1 aliphatic carbocycles. The van der Waals surface area contributed by atoms with Gasteiger partial charge in [0.05, 0.1) is 12.5 Å². The molecule has 122 valence electrons. The molecule has 23 heavy (non-hydrogen) atoms. The number of carbonyl (C=O) groups excluding carboxylic acids is 1. The predicted molar refractivity (Wildman–Crippen MR) is 84.6 cm³/mol. The summed E-state index contributed by atoms with van der Waals surface area (Å²) in [6, 6.07) is 6.93. The maximum atomic E-state index is 14.0. The zero-order valence-corrected chi connectivity index (χ0v) is 13.7. The summed E-state index contributed by atoms with van der Waals surface area (Å²) >= 11 is 0. The summed E-state index contributed by atoms with van der Waals surface area (Å²) in [6.07, 6.45) is 3.88. The van der Waals surface area contributed by atoms with Gasteiger partial charge in [-0.05, 0) is 49.4 Å². The molecule has 2 aromatic rings. The minimum atomic E-state index is -0.782. The number of rotatable bonds is 3. The minimum Gasteiger partial charge on any atom is -0.468 e. The highest BCUT2D eigenvalue weighted by Gasteiger charge is 2.49. The Bertz CT molecular complexity index is 740. The molecule has 0 bridgehead atoms. The molecule has 2 unspecified atom stereocenters. The Hall–Kier alpha value is -2.17. The van der Waals surface area contributed by atoms with Gasteiger partial charge in [-0.15, -0.1) is 0 Å².